The molecule has 0 bridgehead atoms. The summed E-state index contributed by atoms with van der Waals surface area (Å²) in [6.45, 7) is 0. The number of benzene rings is 1. The molecule has 3 heteroatoms. The lowest BCUT2D eigenvalue weighted by atomic mass is 10.1. The van der Waals surface area contributed by atoms with Gasteiger partial charge in [0.15, 0.2) is 0 Å². The highest BCUT2D eigenvalue weighted by molar-refractivity contribution is 6.34. The van der Waals surface area contributed by atoms with Crippen molar-refractivity contribution in [3.8, 4) is 0 Å². The van der Waals surface area contributed by atoms with Gasteiger partial charge in [-0.15, -0.1) is 0 Å². The molecule has 1 aromatic carbocycles. The van der Waals surface area contributed by atoms with Crippen molar-refractivity contribution < 1.29 is 0 Å². The van der Waals surface area contributed by atoms with Gasteiger partial charge in [-0.2, -0.15) is 0 Å². The Kier molecular flexibility index (Phi) is 2.03. The smallest absolute Gasteiger partial charge is 0.0457 e. The third-order valence-electron chi connectivity index (χ3n) is 2.32. The zero-order valence-electron chi connectivity index (χ0n) is 6.48. The van der Waals surface area contributed by atoms with Gasteiger partial charge in [0.2, 0.25) is 0 Å². The first kappa shape index (κ1) is 8.36. The molecule has 0 heterocycles. The molecule has 2 rings (SSSR count). The second-order valence-electron chi connectivity index (χ2n) is 3.07. The lowest BCUT2D eigenvalue weighted by Gasteiger charge is -2.07. The minimum absolute atomic E-state index is 0.0752. The van der Waals surface area contributed by atoms with Gasteiger partial charge in [-0.05, 0) is 36.1 Å². The monoisotopic (exact) mass is 201 g/mol. The zero-order valence-corrected chi connectivity index (χ0v) is 7.99. The third kappa shape index (κ3) is 1.13. The highest BCUT2D eigenvalue weighted by Crippen LogP contribution is 2.38. The largest absolute Gasteiger partial charge is 0.324 e. The molecular weight excluding hydrogens is 193 g/mol. The molecule has 0 fully saturated rings. The van der Waals surface area contributed by atoms with Gasteiger partial charge in [0.25, 0.3) is 0 Å². The molecule has 0 saturated carbocycles. The van der Waals surface area contributed by atoms with Crippen LogP contribution in [-0.4, -0.2) is 0 Å². The van der Waals surface area contributed by atoms with Crippen molar-refractivity contribution in [3.63, 3.8) is 0 Å². The van der Waals surface area contributed by atoms with Gasteiger partial charge in [-0.3, -0.25) is 0 Å². The van der Waals surface area contributed by atoms with Crippen LogP contribution in [0, 0.1) is 0 Å². The van der Waals surface area contributed by atoms with Crippen LogP contribution in [0.1, 0.15) is 23.6 Å². The molecule has 0 aromatic heterocycles. The Balaban J connectivity index is 2.64. The van der Waals surface area contributed by atoms with Crippen molar-refractivity contribution in [1.29, 1.82) is 0 Å². The SMILES string of the molecule is NC1CCc2c(Cl)ccc(Cl)c21. The maximum Gasteiger partial charge on any atom is 0.0457 e. The molecule has 1 aliphatic carbocycles. The molecule has 64 valence electrons. The second kappa shape index (κ2) is 2.91. The first-order valence-electron chi connectivity index (χ1n) is 3.92. The first-order valence-corrected chi connectivity index (χ1v) is 4.68. The lowest BCUT2D eigenvalue weighted by molar-refractivity contribution is 0.713. The Morgan fingerprint density at radius 2 is 1.92 bits per heavy atom. The second-order valence-corrected chi connectivity index (χ2v) is 3.88. The standard InChI is InChI=1S/C9H9Cl2N/c10-6-2-3-7(11)9-5(6)1-4-8(9)12/h2-3,8H,1,4,12H2. The van der Waals surface area contributed by atoms with Crippen LogP contribution in [0.3, 0.4) is 0 Å². The highest BCUT2D eigenvalue weighted by atomic mass is 35.5. The quantitative estimate of drug-likeness (QED) is 0.687. The van der Waals surface area contributed by atoms with Crippen LogP contribution in [0.2, 0.25) is 10.0 Å². The van der Waals surface area contributed by atoms with Crippen molar-refractivity contribution in [2.75, 3.05) is 0 Å². The van der Waals surface area contributed by atoms with E-state index in [0.29, 0.717) is 0 Å². The Labute approximate surface area is 81.5 Å². The molecule has 12 heavy (non-hydrogen) atoms. The summed E-state index contributed by atoms with van der Waals surface area (Å²) < 4.78 is 0. The summed E-state index contributed by atoms with van der Waals surface area (Å²) in [7, 11) is 0. The summed E-state index contributed by atoms with van der Waals surface area (Å²) in [6, 6.07) is 3.72. The Hall–Kier alpha value is -0.240. The molecule has 2 N–H and O–H groups in total. The average molecular weight is 202 g/mol. The van der Waals surface area contributed by atoms with Crippen LogP contribution >= 0.6 is 23.2 Å². The highest BCUT2D eigenvalue weighted by Gasteiger charge is 2.23. The van der Waals surface area contributed by atoms with Gasteiger partial charge in [-0.1, -0.05) is 23.2 Å². The molecule has 1 unspecified atom stereocenters. The number of hydrogen-bond donors (Lipinski definition) is 1. The molecule has 0 radical (unpaired) electrons. The average Bonchev–Trinajstić information content (AvgIpc) is 2.42. The number of hydrogen-bond acceptors (Lipinski definition) is 1. The van der Waals surface area contributed by atoms with Crippen LogP contribution in [0.15, 0.2) is 12.1 Å². The number of nitrogens with two attached hydrogens (primary N) is 1. The topological polar surface area (TPSA) is 26.0 Å². The summed E-state index contributed by atoms with van der Waals surface area (Å²) in [5.74, 6) is 0. The van der Waals surface area contributed by atoms with E-state index in [1.165, 1.54) is 0 Å². The fourth-order valence-electron chi connectivity index (χ4n) is 1.71. The molecule has 0 spiro atoms. The molecule has 1 nitrogen and oxygen atoms in total. The minimum atomic E-state index is 0.0752. The van der Waals surface area contributed by atoms with Crippen molar-refractivity contribution in [2.24, 2.45) is 5.73 Å². The molecule has 1 aromatic rings. The van der Waals surface area contributed by atoms with Crippen LogP contribution in [0.5, 0.6) is 0 Å². The summed E-state index contributed by atoms with van der Waals surface area (Å²) in [6.07, 6.45) is 1.91. The maximum absolute atomic E-state index is 6.00. The normalized spacial score (nSPS) is 21.1. The van der Waals surface area contributed by atoms with Gasteiger partial charge in [0.05, 0.1) is 0 Å². The van der Waals surface area contributed by atoms with E-state index in [1.807, 2.05) is 12.1 Å². The zero-order chi connectivity index (χ0) is 8.72. The third-order valence-corrected chi connectivity index (χ3v) is 3.01. The predicted molar refractivity (Wildman–Crippen MR) is 51.7 cm³/mol. The van der Waals surface area contributed by atoms with E-state index in [-0.39, 0.29) is 6.04 Å². The number of halogens is 2. The van der Waals surface area contributed by atoms with Crippen LogP contribution in [0.4, 0.5) is 0 Å². The van der Waals surface area contributed by atoms with Crippen molar-refractivity contribution in [1.82, 2.24) is 0 Å². The van der Waals surface area contributed by atoms with E-state index in [1.54, 1.807) is 0 Å². The molecule has 1 aliphatic rings. The van der Waals surface area contributed by atoms with Gasteiger partial charge in [0.1, 0.15) is 0 Å². The van der Waals surface area contributed by atoms with E-state index in [0.717, 1.165) is 34.0 Å². The Bertz CT molecular complexity index is 323. The Morgan fingerprint density at radius 1 is 1.25 bits per heavy atom. The predicted octanol–water partition coefficient (Wildman–Crippen LogP) is 2.94. The van der Waals surface area contributed by atoms with E-state index < -0.39 is 0 Å². The first-order chi connectivity index (χ1) is 5.70. The fourth-order valence-corrected chi connectivity index (χ4v) is 2.29. The number of fused-ring (bicyclic) bond motifs is 1. The molecule has 1 atom stereocenters. The van der Waals surface area contributed by atoms with Gasteiger partial charge >= 0.3 is 0 Å². The molecule has 0 aliphatic heterocycles. The molecule has 0 saturated heterocycles. The fraction of sp³-hybridized carbons (Fsp3) is 0.333. The summed E-state index contributed by atoms with van der Waals surface area (Å²) >= 11 is 12.0. The van der Waals surface area contributed by atoms with E-state index in [4.69, 9.17) is 28.9 Å². The van der Waals surface area contributed by atoms with Crippen LogP contribution < -0.4 is 5.73 Å². The van der Waals surface area contributed by atoms with E-state index >= 15 is 0 Å². The van der Waals surface area contributed by atoms with E-state index in [9.17, 15) is 0 Å². The lowest BCUT2D eigenvalue weighted by Crippen LogP contribution is -2.05. The van der Waals surface area contributed by atoms with E-state index in [2.05, 4.69) is 0 Å². The van der Waals surface area contributed by atoms with Crippen LogP contribution in [-0.2, 0) is 6.42 Å². The molecule has 0 amide bonds. The number of rotatable bonds is 0. The molecular formula is C9H9Cl2N. The maximum atomic E-state index is 6.00. The van der Waals surface area contributed by atoms with Gasteiger partial charge in [-0.25, -0.2) is 0 Å². The van der Waals surface area contributed by atoms with Crippen molar-refractivity contribution in [3.05, 3.63) is 33.3 Å². The van der Waals surface area contributed by atoms with Crippen molar-refractivity contribution in [2.45, 2.75) is 18.9 Å². The van der Waals surface area contributed by atoms with Gasteiger partial charge in [0, 0.05) is 16.1 Å². The summed E-state index contributed by atoms with van der Waals surface area (Å²) in [4.78, 5) is 0. The summed E-state index contributed by atoms with van der Waals surface area (Å²) in [5.41, 5.74) is 8.05. The van der Waals surface area contributed by atoms with Crippen molar-refractivity contribution >= 4 is 23.2 Å². The van der Waals surface area contributed by atoms with Crippen LogP contribution in [0.25, 0.3) is 0 Å². The minimum Gasteiger partial charge on any atom is -0.324 e. The van der Waals surface area contributed by atoms with Gasteiger partial charge < -0.3 is 5.73 Å². The summed E-state index contributed by atoms with van der Waals surface area (Å²) in [5, 5.41) is 1.54. The Morgan fingerprint density at radius 3 is 2.58 bits per heavy atom.